The summed E-state index contributed by atoms with van der Waals surface area (Å²) in [5.74, 6) is 1.79. The Balaban J connectivity index is 1.64. The molecule has 2 atom stereocenters. The minimum Gasteiger partial charge on any atom is -0.486 e. The molecule has 0 spiro atoms. The first kappa shape index (κ1) is 16.5. The van der Waals surface area contributed by atoms with Gasteiger partial charge in [-0.1, -0.05) is 19.1 Å². The molecule has 6 nitrogen and oxygen atoms in total. The Morgan fingerprint density at radius 1 is 1.30 bits per heavy atom. The second-order valence-electron chi connectivity index (χ2n) is 6.39. The number of hydrogen-bond acceptors (Lipinski definition) is 4. The summed E-state index contributed by atoms with van der Waals surface area (Å²) in [6.45, 7) is 3.92. The van der Waals surface area contributed by atoms with Crippen molar-refractivity contribution in [1.82, 2.24) is 8.61 Å². The molecule has 1 saturated heterocycles. The Morgan fingerprint density at radius 3 is 2.78 bits per heavy atom. The van der Waals surface area contributed by atoms with E-state index < -0.39 is 10.2 Å². The van der Waals surface area contributed by atoms with E-state index in [1.807, 2.05) is 24.3 Å². The highest BCUT2D eigenvalue weighted by Crippen LogP contribution is 2.31. The molecule has 0 saturated carbocycles. The van der Waals surface area contributed by atoms with E-state index in [0.29, 0.717) is 37.1 Å². The van der Waals surface area contributed by atoms with Crippen LogP contribution in [0.4, 0.5) is 0 Å². The van der Waals surface area contributed by atoms with E-state index >= 15 is 0 Å². The van der Waals surface area contributed by atoms with Crippen LogP contribution in [-0.2, 0) is 10.2 Å². The Kier molecular flexibility index (Phi) is 4.79. The molecule has 23 heavy (non-hydrogen) atoms. The van der Waals surface area contributed by atoms with Crippen molar-refractivity contribution in [3.05, 3.63) is 24.3 Å². The summed E-state index contributed by atoms with van der Waals surface area (Å²) in [5.41, 5.74) is 0. The fourth-order valence-corrected chi connectivity index (χ4v) is 4.64. The minimum absolute atomic E-state index is 0.279. The van der Waals surface area contributed by atoms with Crippen LogP contribution in [-0.4, -0.2) is 56.4 Å². The second-order valence-corrected chi connectivity index (χ2v) is 8.43. The molecule has 0 N–H and O–H groups in total. The second kappa shape index (κ2) is 6.67. The molecule has 0 radical (unpaired) electrons. The average molecular weight is 340 g/mol. The molecule has 0 amide bonds. The molecule has 3 rings (SSSR count). The lowest BCUT2D eigenvalue weighted by atomic mass is 10.0. The van der Waals surface area contributed by atoms with Crippen LogP contribution in [0.3, 0.4) is 0 Å². The zero-order chi connectivity index (χ0) is 16.4. The SMILES string of the molecule is C[C@@H]1CCCN(S(=O)(=O)N(C)C[C@H]2COc3ccccc3O2)C1. The van der Waals surface area contributed by atoms with E-state index in [2.05, 4.69) is 6.92 Å². The van der Waals surface area contributed by atoms with Crippen molar-refractivity contribution in [2.45, 2.75) is 25.9 Å². The first-order valence-corrected chi connectivity index (χ1v) is 9.46. The molecule has 7 heteroatoms. The highest BCUT2D eigenvalue weighted by molar-refractivity contribution is 7.86. The highest BCUT2D eigenvalue weighted by Gasteiger charge is 2.33. The molecule has 1 fully saturated rings. The minimum atomic E-state index is -3.44. The van der Waals surface area contributed by atoms with Gasteiger partial charge in [-0.25, -0.2) is 0 Å². The predicted molar refractivity (Wildman–Crippen MR) is 87.9 cm³/mol. The Labute approximate surface area is 138 Å². The average Bonchev–Trinajstić information content (AvgIpc) is 2.54. The molecular formula is C16H24N2O4S. The molecule has 0 unspecified atom stereocenters. The summed E-state index contributed by atoms with van der Waals surface area (Å²) in [6, 6.07) is 7.44. The largest absolute Gasteiger partial charge is 0.486 e. The van der Waals surface area contributed by atoms with Crippen molar-refractivity contribution in [2.75, 3.05) is 33.3 Å². The topological polar surface area (TPSA) is 59.1 Å². The van der Waals surface area contributed by atoms with Crippen LogP contribution in [0.1, 0.15) is 19.8 Å². The van der Waals surface area contributed by atoms with Crippen LogP contribution >= 0.6 is 0 Å². The van der Waals surface area contributed by atoms with Gasteiger partial charge in [-0.15, -0.1) is 0 Å². The van der Waals surface area contributed by atoms with E-state index in [0.717, 1.165) is 12.8 Å². The number of piperidine rings is 1. The van der Waals surface area contributed by atoms with Gasteiger partial charge in [0, 0.05) is 20.1 Å². The van der Waals surface area contributed by atoms with Crippen LogP contribution in [0.15, 0.2) is 24.3 Å². The number of para-hydroxylation sites is 2. The van der Waals surface area contributed by atoms with Gasteiger partial charge in [-0.3, -0.25) is 0 Å². The summed E-state index contributed by atoms with van der Waals surface area (Å²) < 4.78 is 39.9. The van der Waals surface area contributed by atoms with Gasteiger partial charge in [0.1, 0.15) is 12.7 Å². The van der Waals surface area contributed by atoms with Crippen molar-refractivity contribution < 1.29 is 17.9 Å². The summed E-state index contributed by atoms with van der Waals surface area (Å²) in [7, 11) is -1.83. The van der Waals surface area contributed by atoms with Crippen LogP contribution in [0, 0.1) is 5.92 Å². The van der Waals surface area contributed by atoms with Crippen LogP contribution in [0.5, 0.6) is 11.5 Å². The highest BCUT2D eigenvalue weighted by atomic mass is 32.2. The van der Waals surface area contributed by atoms with Gasteiger partial charge in [0.15, 0.2) is 11.5 Å². The maximum atomic E-state index is 12.7. The molecule has 2 aliphatic heterocycles. The molecule has 0 bridgehead atoms. The fourth-order valence-electron chi connectivity index (χ4n) is 3.09. The lowest BCUT2D eigenvalue weighted by Crippen LogP contribution is -2.49. The summed E-state index contributed by atoms with van der Waals surface area (Å²) >= 11 is 0. The van der Waals surface area contributed by atoms with Gasteiger partial charge in [0.2, 0.25) is 0 Å². The molecule has 1 aromatic carbocycles. The number of rotatable bonds is 4. The van der Waals surface area contributed by atoms with Gasteiger partial charge in [-0.2, -0.15) is 17.0 Å². The first-order chi connectivity index (χ1) is 11.0. The maximum absolute atomic E-state index is 12.7. The number of benzene rings is 1. The number of ether oxygens (including phenoxy) is 2. The maximum Gasteiger partial charge on any atom is 0.281 e. The number of hydrogen-bond donors (Lipinski definition) is 0. The van der Waals surface area contributed by atoms with Gasteiger partial charge in [-0.05, 0) is 30.9 Å². The normalized spacial score (nSPS) is 25.5. The van der Waals surface area contributed by atoms with E-state index in [1.165, 1.54) is 4.31 Å². The molecule has 2 heterocycles. The van der Waals surface area contributed by atoms with E-state index in [4.69, 9.17) is 9.47 Å². The zero-order valence-electron chi connectivity index (χ0n) is 13.6. The molecule has 2 aliphatic rings. The van der Waals surface area contributed by atoms with Crippen molar-refractivity contribution in [2.24, 2.45) is 5.92 Å². The third-order valence-corrected chi connectivity index (χ3v) is 6.29. The Hall–Kier alpha value is -1.31. The Bertz CT molecular complexity index is 649. The zero-order valence-corrected chi connectivity index (χ0v) is 14.5. The van der Waals surface area contributed by atoms with Crippen molar-refractivity contribution in [3.63, 3.8) is 0 Å². The smallest absolute Gasteiger partial charge is 0.281 e. The van der Waals surface area contributed by atoms with E-state index in [1.54, 1.807) is 11.4 Å². The van der Waals surface area contributed by atoms with E-state index in [-0.39, 0.29) is 12.6 Å². The van der Waals surface area contributed by atoms with Gasteiger partial charge >= 0.3 is 0 Å². The van der Waals surface area contributed by atoms with Gasteiger partial charge in [0.05, 0.1) is 6.54 Å². The third kappa shape index (κ3) is 3.62. The summed E-state index contributed by atoms with van der Waals surface area (Å²) in [4.78, 5) is 0. The van der Waals surface area contributed by atoms with Crippen molar-refractivity contribution in [3.8, 4) is 11.5 Å². The quantitative estimate of drug-likeness (QED) is 0.838. The third-order valence-electron chi connectivity index (χ3n) is 4.37. The lowest BCUT2D eigenvalue weighted by Gasteiger charge is -2.35. The molecule has 128 valence electrons. The number of nitrogens with zero attached hydrogens (tertiary/aromatic N) is 2. The van der Waals surface area contributed by atoms with Gasteiger partial charge < -0.3 is 9.47 Å². The summed E-state index contributed by atoms with van der Waals surface area (Å²) in [5, 5.41) is 0. The van der Waals surface area contributed by atoms with E-state index in [9.17, 15) is 8.42 Å². The standard InChI is InChI=1S/C16H24N2O4S/c1-13-6-5-9-18(10-13)23(19,20)17(2)11-14-12-21-15-7-3-4-8-16(15)22-14/h3-4,7-8,13-14H,5-6,9-12H2,1-2H3/t13-,14+/m1/s1. The lowest BCUT2D eigenvalue weighted by molar-refractivity contribution is 0.0784. The Morgan fingerprint density at radius 2 is 2.04 bits per heavy atom. The predicted octanol–water partition coefficient (Wildman–Crippen LogP) is 1.73. The van der Waals surface area contributed by atoms with Crippen molar-refractivity contribution >= 4 is 10.2 Å². The summed E-state index contributed by atoms with van der Waals surface area (Å²) in [6.07, 6.45) is 1.71. The monoisotopic (exact) mass is 340 g/mol. The van der Waals surface area contributed by atoms with Crippen molar-refractivity contribution in [1.29, 1.82) is 0 Å². The fraction of sp³-hybridized carbons (Fsp3) is 0.625. The van der Waals surface area contributed by atoms with Crippen LogP contribution in [0.2, 0.25) is 0 Å². The first-order valence-electron chi connectivity index (χ1n) is 8.06. The molecule has 0 aliphatic carbocycles. The molecule has 0 aromatic heterocycles. The number of fused-ring (bicyclic) bond motifs is 1. The van der Waals surface area contributed by atoms with Crippen LogP contribution < -0.4 is 9.47 Å². The number of likely N-dealkylation sites (N-methyl/N-ethyl adjacent to an activating group) is 1. The van der Waals surface area contributed by atoms with Crippen LogP contribution in [0.25, 0.3) is 0 Å². The van der Waals surface area contributed by atoms with Gasteiger partial charge in [0.25, 0.3) is 10.2 Å². The molecular weight excluding hydrogens is 316 g/mol. The molecule has 1 aromatic rings.